The van der Waals surface area contributed by atoms with Gasteiger partial charge in [-0.25, -0.2) is 13.1 Å². The normalized spacial score (nSPS) is 19.0. The van der Waals surface area contributed by atoms with Gasteiger partial charge in [0.2, 0.25) is 15.9 Å². The first-order valence-corrected chi connectivity index (χ1v) is 11.0. The fraction of sp³-hybridized carbons (Fsp3) is 0.579. The third-order valence-electron chi connectivity index (χ3n) is 5.19. The van der Waals surface area contributed by atoms with E-state index in [1.54, 1.807) is 17.0 Å². The number of carbonyl (C=O) groups is 2. The molecule has 1 aromatic carbocycles. The Balaban J connectivity index is 1.60. The van der Waals surface area contributed by atoms with Crippen molar-refractivity contribution in [2.45, 2.75) is 44.0 Å². The number of rotatable bonds is 6. The average molecular weight is 394 g/mol. The topological polar surface area (TPSA) is 86.8 Å². The van der Waals surface area contributed by atoms with Crippen LogP contribution in [0.4, 0.5) is 0 Å². The Bertz CT molecular complexity index is 795. The Morgan fingerprint density at radius 1 is 1.07 bits per heavy atom. The monoisotopic (exact) mass is 393 g/mol. The van der Waals surface area contributed by atoms with E-state index in [1.165, 1.54) is 12.1 Å². The van der Waals surface area contributed by atoms with Crippen LogP contribution in [0, 0.1) is 5.92 Å². The summed E-state index contributed by atoms with van der Waals surface area (Å²) in [4.78, 5) is 28.5. The van der Waals surface area contributed by atoms with E-state index in [4.69, 9.17) is 0 Å². The molecule has 1 saturated heterocycles. The molecule has 1 aliphatic carbocycles. The van der Waals surface area contributed by atoms with Gasteiger partial charge in [-0.05, 0) is 50.5 Å². The molecule has 27 heavy (non-hydrogen) atoms. The van der Waals surface area contributed by atoms with Crippen LogP contribution in [0.15, 0.2) is 29.2 Å². The van der Waals surface area contributed by atoms with E-state index in [0.29, 0.717) is 38.2 Å². The van der Waals surface area contributed by atoms with Crippen LogP contribution in [0.5, 0.6) is 0 Å². The van der Waals surface area contributed by atoms with Crippen molar-refractivity contribution >= 4 is 21.8 Å². The minimum atomic E-state index is -3.58. The standard InChI is InChI=1S/C19H27N3O4S/c1-3-14(2)20-27(25,26)17-8-6-16(7-9-17)19(24)22-12-10-21(11-13-22)18(23)15-4-5-15/h6-9,14-15,20H,3-5,10-13H2,1-2H3. The maximum absolute atomic E-state index is 12.7. The molecule has 8 heteroatoms. The minimum absolute atomic E-state index is 0.132. The highest BCUT2D eigenvalue weighted by Gasteiger charge is 2.35. The van der Waals surface area contributed by atoms with Gasteiger partial charge in [-0.15, -0.1) is 0 Å². The smallest absolute Gasteiger partial charge is 0.253 e. The Labute approximate surface area is 160 Å². The Morgan fingerprint density at radius 3 is 2.15 bits per heavy atom. The fourth-order valence-corrected chi connectivity index (χ4v) is 4.42. The fourth-order valence-electron chi connectivity index (χ4n) is 3.09. The average Bonchev–Trinajstić information content (AvgIpc) is 3.52. The van der Waals surface area contributed by atoms with Crippen LogP contribution in [-0.2, 0) is 14.8 Å². The zero-order valence-corrected chi connectivity index (χ0v) is 16.7. The molecule has 0 bridgehead atoms. The Hall–Kier alpha value is -1.93. The molecule has 1 N–H and O–H groups in total. The molecule has 1 unspecified atom stereocenters. The second-order valence-electron chi connectivity index (χ2n) is 7.35. The molecule has 148 valence electrons. The maximum atomic E-state index is 12.7. The van der Waals surface area contributed by atoms with Crippen molar-refractivity contribution in [2.24, 2.45) is 5.92 Å². The van der Waals surface area contributed by atoms with Crippen molar-refractivity contribution in [2.75, 3.05) is 26.2 Å². The molecule has 0 spiro atoms. The molecule has 2 amide bonds. The molecule has 2 aliphatic rings. The summed E-state index contributed by atoms with van der Waals surface area (Å²) in [5, 5.41) is 0. The Morgan fingerprint density at radius 2 is 1.63 bits per heavy atom. The molecule has 1 aromatic rings. The molecule has 2 fully saturated rings. The zero-order valence-electron chi connectivity index (χ0n) is 15.8. The molecule has 1 atom stereocenters. The van der Waals surface area contributed by atoms with E-state index in [0.717, 1.165) is 12.8 Å². The van der Waals surface area contributed by atoms with E-state index >= 15 is 0 Å². The summed E-state index contributed by atoms with van der Waals surface area (Å²) in [6.07, 6.45) is 2.67. The lowest BCUT2D eigenvalue weighted by Gasteiger charge is -2.35. The number of amides is 2. The van der Waals surface area contributed by atoms with Crippen molar-refractivity contribution < 1.29 is 18.0 Å². The molecule has 1 saturated carbocycles. The minimum Gasteiger partial charge on any atom is -0.339 e. The quantitative estimate of drug-likeness (QED) is 0.793. The molecular formula is C19H27N3O4S. The number of nitrogens with one attached hydrogen (secondary N) is 1. The second kappa shape index (κ2) is 7.98. The van der Waals surface area contributed by atoms with Gasteiger partial charge in [-0.1, -0.05) is 6.92 Å². The maximum Gasteiger partial charge on any atom is 0.253 e. The Kier molecular flexibility index (Phi) is 5.86. The molecule has 0 radical (unpaired) electrons. The SMILES string of the molecule is CCC(C)NS(=O)(=O)c1ccc(C(=O)N2CCN(C(=O)C3CC3)CC2)cc1. The molecular weight excluding hydrogens is 366 g/mol. The number of piperazine rings is 1. The number of benzene rings is 1. The lowest BCUT2D eigenvalue weighted by Crippen LogP contribution is -2.51. The highest BCUT2D eigenvalue weighted by molar-refractivity contribution is 7.89. The van der Waals surface area contributed by atoms with Gasteiger partial charge in [0.05, 0.1) is 4.90 Å². The summed E-state index contributed by atoms with van der Waals surface area (Å²) >= 11 is 0. The van der Waals surface area contributed by atoms with Crippen LogP contribution < -0.4 is 4.72 Å². The summed E-state index contributed by atoms with van der Waals surface area (Å²) < 4.78 is 27.2. The van der Waals surface area contributed by atoms with E-state index in [9.17, 15) is 18.0 Å². The summed E-state index contributed by atoms with van der Waals surface area (Å²) in [5.41, 5.74) is 0.458. The van der Waals surface area contributed by atoms with Crippen molar-refractivity contribution in [1.82, 2.24) is 14.5 Å². The predicted octanol–water partition coefficient (Wildman–Crippen LogP) is 1.46. The van der Waals surface area contributed by atoms with Gasteiger partial charge in [0.15, 0.2) is 0 Å². The van der Waals surface area contributed by atoms with E-state index < -0.39 is 10.0 Å². The van der Waals surface area contributed by atoms with Crippen molar-refractivity contribution in [1.29, 1.82) is 0 Å². The number of nitrogens with zero attached hydrogens (tertiary/aromatic N) is 2. The van der Waals surface area contributed by atoms with E-state index in [2.05, 4.69) is 4.72 Å². The summed E-state index contributed by atoms with van der Waals surface area (Å²) in [7, 11) is -3.58. The van der Waals surface area contributed by atoms with Gasteiger partial charge in [0, 0.05) is 43.7 Å². The van der Waals surface area contributed by atoms with Crippen molar-refractivity contribution in [3.63, 3.8) is 0 Å². The van der Waals surface area contributed by atoms with Crippen LogP contribution >= 0.6 is 0 Å². The van der Waals surface area contributed by atoms with Crippen LogP contribution in [0.2, 0.25) is 0 Å². The van der Waals surface area contributed by atoms with Gasteiger partial charge in [-0.3, -0.25) is 9.59 Å². The number of hydrogen-bond donors (Lipinski definition) is 1. The molecule has 7 nitrogen and oxygen atoms in total. The van der Waals surface area contributed by atoms with Gasteiger partial charge in [0.25, 0.3) is 5.91 Å². The number of hydrogen-bond acceptors (Lipinski definition) is 4. The van der Waals surface area contributed by atoms with Crippen LogP contribution in [-0.4, -0.2) is 62.3 Å². The molecule has 1 heterocycles. The van der Waals surface area contributed by atoms with Crippen LogP contribution in [0.25, 0.3) is 0 Å². The van der Waals surface area contributed by atoms with Gasteiger partial charge in [0.1, 0.15) is 0 Å². The molecule has 1 aliphatic heterocycles. The molecule has 0 aromatic heterocycles. The summed E-state index contributed by atoms with van der Waals surface area (Å²) in [6, 6.07) is 5.88. The van der Waals surface area contributed by atoms with E-state index in [1.807, 2.05) is 18.7 Å². The van der Waals surface area contributed by atoms with Crippen LogP contribution in [0.3, 0.4) is 0 Å². The lowest BCUT2D eigenvalue weighted by atomic mass is 10.1. The van der Waals surface area contributed by atoms with Gasteiger partial charge in [-0.2, -0.15) is 0 Å². The summed E-state index contributed by atoms with van der Waals surface area (Å²) in [5.74, 6) is 0.281. The number of sulfonamides is 1. The zero-order chi connectivity index (χ0) is 19.6. The highest BCUT2D eigenvalue weighted by Crippen LogP contribution is 2.31. The molecule has 3 rings (SSSR count). The first kappa shape index (κ1) is 19.8. The van der Waals surface area contributed by atoms with E-state index in [-0.39, 0.29) is 28.7 Å². The van der Waals surface area contributed by atoms with Crippen molar-refractivity contribution in [3.05, 3.63) is 29.8 Å². The first-order chi connectivity index (χ1) is 12.8. The number of carbonyl (C=O) groups excluding carboxylic acids is 2. The largest absolute Gasteiger partial charge is 0.339 e. The van der Waals surface area contributed by atoms with Crippen LogP contribution in [0.1, 0.15) is 43.5 Å². The predicted molar refractivity (Wildman–Crippen MR) is 102 cm³/mol. The third-order valence-corrected chi connectivity index (χ3v) is 6.79. The summed E-state index contributed by atoms with van der Waals surface area (Å²) in [6.45, 7) is 5.86. The third kappa shape index (κ3) is 4.68. The van der Waals surface area contributed by atoms with Crippen molar-refractivity contribution in [3.8, 4) is 0 Å². The lowest BCUT2D eigenvalue weighted by molar-refractivity contribution is -0.134. The van der Waals surface area contributed by atoms with Gasteiger partial charge >= 0.3 is 0 Å². The first-order valence-electron chi connectivity index (χ1n) is 9.52. The van der Waals surface area contributed by atoms with Gasteiger partial charge < -0.3 is 9.80 Å². The second-order valence-corrected chi connectivity index (χ2v) is 9.06. The highest BCUT2D eigenvalue weighted by atomic mass is 32.2.